The molecular weight excluding hydrogens is 344 g/mol. The van der Waals surface area contributed by atoms with Crippen molar-refractivity contribution in [2.24, 2.45) is 5.73 Å². The maximum atomic E-state index is 5.95. The number of hydrogen-bond donors (Lipinski definition) is 1. The number of halogens is 2. The molecule has 0 saturated carbocycles. The first-order chi connectivity index (χ1) is 8.97. The molecule has 102 valence electrons. The van der Waals surface area contributed by atoms with Gasteiger partial charge in [-0.1, -0.05) is 17.7 Å². The monoisotopic (exact) mass is 358 g/mol. The van der Waals surface area contributed by atoms with E-state index in [4.69, 9.17) is 17.3 Å². The Morgan fingerprint density at radius 2 is 2.11 bits per heavy atom. The highest BCUT2D eigenvalue weighted by molar-refractivity contribution is 9.10. The lowest BCUT2D eigenvalue weighted by molar-refractivity contribution is 0.816. The lowest BCUT2D eigenvalue weighted by Gasteiger charge is -2.21. The maximum absolute atomic E-state index is 5.95. The van der Waals surface area contributed by atoms with Gasteiger partial charge in [0.05, 0.1) is 16.6 Å². The number of nitrogens with zero attached hydrogens (tertiary/aromatic N) is 1. The summed E-state index contributed by atoms with van der Waals surface area (Å²) in [5, 5.41) is 0. The zero-order valence-electron chi connectivity index (χ0n) is 10.9. The zero-order valence-corrected chi connectivity index (χ0v) is 14.0. The first-order valence-electron chi connectivity index (χ1n) is 5.97. The molecule has 0 unspecified atom stereocenters. The lowest BCUT2D eigenvalue weighted by atomic mass is 10.1. The number of nitrogens with two attached hydrogens (primary N) is 1. The molecule has 1 aromatic carbocycles. The zero-order chi connectivity index (χ0) is 14.0. The van der Waals surface area contributed by atoms with Crippen molar-refractivity contribution in [1.29, 1.82) is 0 Å². The molecule has 0 amide bonds. The van der Waals surface area contributed by atoms with E-state index in [9.17, 15) is 0 Å². The molecule has 0 aliphatic rings. The molecule has 5 heteroatoms. The number of thiophene rings is 1. The van der Waals surface area contributed by atoms with Crippen LogP contribution in [0.25, 0.3) is 0 Å². The number of benzene rings is 1. The smallest absolute Gasteiger partial charge is 0.0931 e. The topological polar surface area (TPSA) is 29.3 Å². The predicted molar refractivity (Wildman–Crippen MR) is 88.2 cm³/mol. The van der Waals surface area contributed by atoms with Crippen molar-refractivity contribution < 1.29 is 0 Å². The highest BCUT2D eigenvalue weighted by Crippen LogP contribution is 2.30. The van der Waals surface area contributed by atoms with Crippen LogP contribution < -0.4 is 10.6 Å². The standard InChI is InChI=1S/C14H16BrClN2S/c1-9(17)10-3-5-13(12(15)7-10)18(2)8-11-4-6-14(16)19-11/h3-7,9H,8,17H2,1-2H3/t9-/m1/s1. The molecule has 0 aliphatic carbocycles. The van der Waals surface area contributed by atoms with E-state index in [0.717, 1.165) is 26.6 Å². The molecule has 0 bridgehead atoms. The molecule has 19 heavy (non-hydrogen) atoms. The molecule has 1 atom stereocenters. The molecule has 1 aromatic heterocycles. The lowest BCUT2D eigenvalue weighted by Crippen LogP contribution is -2.16. The van der Waals surface area contributed by atoms with Crippen molar-refractivity contribution in [1.82, 2.24) is 0 Å². The molecule has 2 N–H and O–H groups in total. The van der Waals surface area contributed by atoms with Crippen LogP contribution in [0.1, 0.15) is 23.4 Å². The number of hydrogen-bond acceptors (Lipinski definition) is 3. The summed E-state index contributed by atoms with van der Waals surface area (Å²) < 4.78 is 1.89. The molecule has 1 heterocycles. The molecule has 0 saturated heterocycles. The van der Waals surface area contributed by atoms with Crippen LogP contribution in [-0.2, 0) is 6.54 Å². The first kappa shape index (κ1) is 14.9. The summed E-state index contributed by atoms with van der Waals surface area (Å²) in [7, 11) is 2.07. The summed E-state index contributed by atoms with van der Waals surface area (Å²) in [5.41, 5.74) is 8.16. The minimum atomic E-state index is 0.0479. The number of rotatable bonds is 4. The summed E-state index contributed by atoms with van der Waals surface area (Å²) >= 11 is 11.2. The van der Waals surface area contributed by atoms with Gasteiger partial charge in [-0.05, 0) is 52.7 Å². The van der Waals surface area contributed by atoms with Crippen molar-refractivity contribution in [2.45, 2.75) is 19.5 Å². The SMILES string of the molecule is C[C@@H](N)c1ccc(N(C)Cc2ccc(Cl)s2)c(Br)c1. The van der Waals surface area contributed by atoms with Crippen LogP contribution in [0.4, 0.5) is 5.69 Å². The van der Waals surface area contributed by atoms with Crippen LogP contribution in [-0.4, -0.2) is 7.05 Å². The fraction of sp³-hybridized carbons (Fsp3) is 0.286. The van der Waals surface area contributed by atoms with Gasteiger partial charge in [-0.2, -0.15) is 0 Å². The van der Waals surface area contributed by atoms with Crippen molar-refractivity contribution in [2.75, 3.05) is 11.9 Å². The highest BCUT2D eigenvalue weighted by Gasteiger charge is 2.10. The Balaban J connectivity index is 2.17. The van der Waals surface area contributed by atoms with Gasteiger partial charge in [0, 0.05) is 22.4 Å². The summed E-state index contributed by atoms with van der Waals surface area (Å²) in [6.07, 6.45) is 0. The van der Waals surface area contributed by atoms with Gasteiger partial charge in [0.25, 0.3) is 0 Å². The van der Waals surface area contributed by atoms with Crippen molar-refractivity contribution in [3.8, 4) is 0 Å². The molecule has 0 radical (unpaired) electrons. The van der Waals surface area contributed by atoms with Crippen LogP contribution in [0, 0.1) is 0 Å². The van der Waals surface area contributed by atoms with Gasteiger partial charge in [-0.15, -0.1) is 11.3 Å². The first-order valence-corrected chi connectivity index (χ1v) is 7.96. The van der Waals surface area contributed by atoms with E-state index in [0.29, 0.717) is 0 Å². The van der Waals surface area contributed by atoms with E-state index in [1.165, 1.54) is 4.88 Å². The van der Waals surface area contributed by atoms with Gasteiger partial charge in [0.15, 0.2) is 0 Å². The van der Waals surface area contributed by atoms with E-state index in [2.05, 4.69) is 52.1 Å². The maximum Gasteiger partial charge on any atom is 0.0931 e. The molecule has 0 fully saturated rings. The Hall–Kier alpha value is -0.550. The molecule has 2 rings (SSSR count). The van der Waals surface area contributed by atoms with E-state index in [1.54, 1.807) is 11.3 Å². The van der Waals surface area contributed by atoms with Crippen molar-refractivity contribution in [3.05, 3.63) is 49.6 Å². The second kappa shape index (κ2) is 6.27. The molecule has 2 aromatic rings. The van der Waals surface area contributed by atoms with Crippen LogP contribution in [0.2, 0.25) is 4.34 Å². The molecule has 0 spiro atoms. The Bertz CT molecular complexity index is 568. The van der Waals surface area contributed by atoms with Crippen LogP contribution in [0.15, 0.2) is 34.8 Å². The van der Waals surface area contributed by atoms with Gasteiger partial charge < -0.3 is 10.6 Å². The predicted octanol–water partition coefficient (Wildman–Crippen LogP) is 4.82. The van der Waals surface area contributed by atoms with Gasteiger partial charge in [0.1, 0.15) is 0 Å². The average molecular weight is 360 g/mol. The van der Waals surface area contributed by atoms with E-state index in [-0.39, 0.29) is 6.04 Å². The summed E-state index contributed by atoms with van der Waals surface area (Å²) in [4.78, 5) is 3.44. The van der Waals surface area contributed by atoms with Gasteiger partial charge in [-0.25, -0.2) is 0 Å². The highest BCUT2D eigenvalue weighted by atomic mass is 79.9. The normalized spacial score (nSPS) is 12.5. The largest absolute Gasteiger partial charge is 0.369 e. The minimum absolute atomic E-state index is 0.0479. The van der Waals surface area contributed by atoms with Crippen molar-refractivity contribution >= 4 is 44.6 Å². The molecule has 0 aliphatic heterocycles. The Morgan fingerprint density at radius 3 is 2.63 bits per heavy atom. The second-order valence-corrected chi connectivity index (χ2v) is 7.22. The Kier molecular flexibility index (Phi) is 4.90. The third-order valence-electron chi connectivity index (χ3n) is 2.93. The summed E-state index contributed by atoms with van der Waals surface area (Å²) in [5.74, 6) is 0. The fourth-order valence-electron chi connectivity index (χ4n) is 1.87. The van der Waals surface area contributed by atoms with Crippen LogP contribution in [0.3, 0.4) is 0 Å². The molecular formula is C14H16BrClN2S. The van der Waals surface area contributed by atoms with Gasteiger partial charge >= 0.3 is 0 Å². The van der Waals surface area contributed by atoms with Crippen molar-refractivity contribution in [3.63, 3.8) is 0 Å². The Labute approximate surface area is 131 Å². The van der Waals surface area contributed by atoms with E-state index < -0.39 is 0 Å². The minimum Gasteiger partial charge on any atom is -0.369 e. The summed E-state index contributed by atoms with van der Waals surface area (Å²) in [6.45, 7) is 2.83. The van der Waals surface area contributed by atoms with Crippen LogP contribution >= 0.6 is 38.9 Å². The molecule has 2 nitrogen and oxygen atoms in total. The fourth-order valence-corrected chi connectivity index (χ4v) is 3.71. The van der Waals surface area contributed by atoms with E-state index >= 15 is 0 Å². The summed E-state index contributed by atoms with van der Waals surface area (Å²) in [6, 6.07) is 10.3. The third kappa shape index (κ3) is 3.72. The van der Waals surface area contributed by atoms with E-state index in [1.807, 2.05) is 13.0 Å². The second-order valence-electron chi connectivity index (χ2n) is 4.56. The average Bonchev–Trinajstić information content (AvgIpc) is 2.74. The van der Waals surface area contributed by atoms with Gasteiger partial charge in [-0.3, -0.25) is 0 Å². The quantitative estimate of drug-likeness (QED) is 0.848. The van der Waals surface area contributed by atoms with Gasteiger partial charge in [0.2, 0.25) is 0 Å². The third-order valence-corrected chi connectivity index (χ3v) is 4.78. The Morgan fingerprint density at radius 1 is 1.37 bits per heavy atom. The number of anilines is 1. The van der Waals surface area contributed by atoms with Crippen LogP contribution in [0.5, 0.6) is 0 Å².